The molecule has 2 N–H and O–H groups in total. The van der Waals surface area contributed by atoms with Gasteiger partial charge in [-0.1, -0.05) is 40.2 Å². The molecule has 2 aromatic carbocycles. The molecule has 0 atom stereocenters. The summed E-state index contributed by atoms with van der Waals surface area (Å²) in [6.45, 7) is 4.06. The van der Waals surface area contributed by atoms with Gasteiger partial charge in [0.2, 0.25) is 0 Å². The van der Waals surface area contributed by atoms with E-state index in [9.17, 15) is 9.90 Å². The van der Waals surface area contributed by atoms with Crippen LogP contribution in [0.3, 0.4) is 0 Å². The van der Waals surface area contributed by atoms with Crippen LogP contribution in [0.2, 0.25) is 0 Å². The molecular weight excluding hydrogens is 342 g/mol. The fraction of sp³-hybridized carbons (Fsp3) is 0.167. The second-order valence-electron chi connectivity index (χ2n) is 5.51. The third-order valence-corrected chi connectivity index (χ3v) is 4.47. The fourth-order valence-electron chi connectivity index (χ4n) is 2.88. The molecule has 0 spiro atoms. The summed E-state index contributed by atoms with van der Waals surface area (Å²) in [4.78, 5) is 14.8. The highest BCUT2D eigenvalue weighted by Crippen LogP contribution is 2.34. The molecule has 0 amide bonds. The summed E-state index contributed by atoms with van der Waals surface area (Å²) in [6.07, 6.45) is 0.00961. The number of fused-ring (bicyclic) bond motifs is 1. The first kappa shape index (κ1) is 14.9. The van der Waals surface area contributed by atoms with E-state index in [2.05, 4.69) is 27.0 Å². The van der Waals surface area contributed by atoms with Crippen LogP contribution in [0.5, 0.6) is 0 Å². The minimum atomic E-state index is -0.819. The van der Waals surface area contributed by atoms with Crippen LogP contribution in [0.1, 0.15) is 16.7 Å². The molecule has 3 rings (SSSR count). The predicted molar refractivity (Wildman–Crippen MR) is 92.2 cm³/mol. The number of nitrogens with one attached hydrogen (secondary N) is 1. The molecule has 1 heterocycles. The number of carbonyl (C=O) groups is 1. The highest BCUT2D eigenvalue weighted by atomic mass is 79.9. The molecular formula is C18H16BrNO2. The minimum absolute atomic E-state index is 0.00961. The number of rotatable bonds is 3. The topological polar surface area (TPSA) is 53.1 Å². The molecule has 0 radical (unpaired) electrons. The van der Waals surface area contributed by atoms with E-state index in [1.165, 1.54) is 0 Å². The molecule has 0 aliphatic heterocycles. The van der Waals surface area contributed by atoms with Gasteiger partial charge < -0.3 is 10.1 Å². The Balaban J connectivity index is 2.33. The monoisotopic (exact) mass is 357 g/mol. The number of benzene rings is 2. The summed E-state index contributed by atoms with van der Waals surface area (Å²) < 4.78 is 1.000. The van der Waals surface area contributed by atoms with Gasteiger partial charge in [0.25, 0.3) is 0 Å². The Bertz CT molecular complexity index is 863. The van der Waals surface area contributed by atoms with Gasteiger partial charge in [0.05, 0.1) is 12.1 Å². The van der Waals surface area contributed by atoms with Crippen LogP contribution in [0, 0.1) is 13.8 Å². The normalized spacial score (nSPS) is 11.0. The number of aromatic amines is 1. The van der Waals surface area contributed by atoms with Crippen molar-refractivity contribution in [3.05, 3.63) is 57.6 Å². The number of aryl methyl sites for hydroxylation is 2. The van der Waals surface area contributed by atoms with Gasteiger partial charge in [-0.25, -0.2) is 0 Å². The standard InChI is InChI=1S/C18H16BrNO2/c1-10-3-4-11(2)17-16(10)14(9-15(21)22)18(20-17)12-5-7-13(19)8-6-12/h3-8,20H,9H2,1-2H3,(H,21,22). The first-order valence-corrected chi connectivity index (χ1v) is 7.85. The molecule has 3 nitrogen and oxygen atoms in total. The van der Waals surface area contributed by atoms with E-state index >= 15 is 0 Å². The maximum Gasteiger partial charge on any atom is 0.307 e. The number of hydrogen-bond donors (Lipinski definition) is 2. The lowest BCUT2D eigenvalue weighted by Crippen LogP contribution is -2.01. The SMILES string of the molecule is Cc1ccc(C)c2c(CC(=O)O)c(-c3ccc(Br)cc3)[nH]c12. The minimum Gasteiger partial charge on any atom is -0.481 e. The van der Waals surface area contributed by atoms with Crippen molar-refractivity contribution in [2.45, 2.75) is 20.3 Å². The number of halogens is 1. The van der Waals surface area contributed by atoms with Gasteiger partial charge in [-0.15, -0.1) is 0 Å². The number of aliphatic carboxylic acids is 1. The highest BCUT2D eigenvalue weighted by molar-refractivity contribution is 9.10. The largest absolute Gasteiger partial charge is 0.481 e. The summed E-state index contributed by atoms with van der Waals surface area (Å²) in [5.74, 6) is -0.819. The second-order valence-corrected chi connectivity index (χ2v) is 6.42. The molecule has 1 aromatic heterocycles. The van der Waals surface area contributed by atoms with E-state index in [0.29, 0.717) is 0 Å². The van der Waals surface area contributed by atoms with Crippen LogP contribution in [0.15, 0.2) is 40.9 Å². The molecule has 4 heteroatoms. The summed E-state index contributed by atoms with van der Waals surface area (Å²) in [5.41, 5.74) is 5.98. The molecule has 0 aliphatic rings. The highest BCUT2D eigenvalue weighted by Gasteiger charge is 2.18. The Morgan fingerprint density at radius 2 is 1.73 bits per heavy atom. The van der Waals surface area contributed by atoms with E-state index in [0.717, 1.165) is 43.3 Å². The van der Waals surface area contributed by atoms with Crippen molar-refractivity contribution in [2.24, 2.45) is 0 Å². The molecule has 0 aliphatic carbocycles. The summed E-state index contributed by atoms with van der Waals surface area (Å²) >= 11 is 3.43. The molecule has 0 fully saturated rings. The zero-order chi connectivity index (χ0) is 15.9. The third kappa shape index (κ3) is 2.55. The van der Waals surface area contributed by atoms with Gasteiger partial charge in [-0.05, 0) is 48.2 Å². The van der Waals surface area contributed by atoms with Gasteiger partial charge in [0, 0.05) is 15.4 Å². The van der Waals surface area contributed by atoms with E-state index < -0.39 is 5.97 Å². The van der Waals surface area contributed by atoms with Crippen LogP contribution >= 0.6 is 15.9 Å². The zero-order valence-electron chi connectivity index (χ0n) is 12.4. The Labute approximate surface area is 137 Å². The number of carboxylic acid groups (broad SMARTS) is 1. The number of hydrogen-bond acceptors (Lipinski definition) is 1. The van der Waals surface area contributed by atoms with E-state index in [-0.39, 0.29) is 6.42 Å². The molecule has 3 aromatic rings. The Hall–Kier alpha value is -2.07. The first-order valence-electron chi connectivity index (χ1n) is 7.06. The second kappa shape index (κ2) is 5.61. The molecule has 22 heavy (non-hydrogen) atoms. The molecule has 112 valence electrons. The molecule has 0 saturated heterocycles. The van der Waals surface area contributed by atoms with E-state index in [4.69, 9.17) is 0 Å². The van der Waals surface area contributed by atoms with Crippen LogP contribution in [0.25, 0.3) is 22.2 Å². The smallest absolute Gasteiger partial charge is 0.307 e. The first-order chi connectivity index (χ1) is 10.5. The summed E-state index contributed by atoms with van der Waals surface area (Å²) in [5, 5.41) is 10.3. The summed E-state index contributed by atoms with van der Waals surface area (Å²) in [6, 6.07) is 12.0. The van der Waals surface area contributed by atoms with Crippen molar-refractivity contribution in [2.75, 3.05) is 0 Å². The number of carboxylic acids is 1. The van der Waals surface area contributed by atoms with E-state index in [1.807, 2.05) is 44.2 Å². The molecule has 0 saturated carbocycles. The maximum absolute atomic E-state index is 11.3. The van der Waals surface area contributed by atoms with Gasteiger partial charge in [0.1, 0.15) is 0 Å². The number of H-pyrrole nitrogens is 1. The van der Waals surface area contributed by atoms with Crippen molar-refractivity contribution < 1.29 is 9.90 Å². The average molecular weight is 358 g/mol. The van der Waals surface area contributed by atoms with Gasteiger partial charge >= 0.3 is 5.97 Å². The van der Waals surface area contributed by atoms with Crippen molar-refractivity contribution >= 4 is 32.8 Å². The van der Waals surface area contributed by atoms with Crippen molar-refractivity contribution in [3.8, 4) is 11.3 Å². The van der Waals surface area contributed by atoms with Crippen molar-refractivity contribution in [3.63, 3.8) is 0 Å². The molecule has 0 unspecified atom stereocenters. The van der Waals surface area contributed by atoms with Crippen LogP contribution < -0.4 is 0 Å². The number of aromatic nitrogens is 1. The van der Waals surface area contributed by atoms with Gasteiger partial charge in [-0.2, -0.15) is 0 Å². The Morgan fingerprint density at radius 1 is 1.09 bits per heavy atom. The summed E-state index contributed by atoms with van der Waals surface area (Å²) in [7, 11) is 0. The zero-order valence-corrected chi connectivity index (χ0v) is 14.0. The van der Waals surface area contributed by atoms with Crippen molar-refractivity contribution in [1.82, 2.24) is 4.98 Å². The fourth-order valence-corrected chi connectivity index (χ4v) is 3.14. The third-order valence-electron chi connectivity index (χ3n) is 3.94. The van der Waals surface area contributed by atoms with Crippen molar-refractivity contribution in [1.29, 1.82) is 0 Å². The Morgan fingerprint density at radius 3 is 2.36 bits per heavy atom. The molecule has 0 bridgehead atoms. The van der Waals surface area contributed by atoms with Crippen LogP contribution in [0.4, 0.5) is 0 Å². The van der Waals surface area contributed by atoms with Crippen LogP contribution in [-0.4, -0.2) is 16.1 Å². The van der Waals surface area contributed by atoms with Gasteiger partial charge in [0.15, 0.2) is 0 Å². The Kier molecular flexibility index (Phi) is 3.79. The van der Waals surface area contributed by atoms with E-state index in [1.54, 1.807) is 0 Å². The predicted octanol–water partition coefficient (Wildman–Crippen LogP) is 4.84. The quantitative estimate of drug-likeness (QED) is 0.704. The van der Waals surface area contributed by atoms with Gasteiger partial charge in [-0.3, -0.25) is 4.79 Å². The lowest BCUT2D eigenvalue weighted by atomic mass is 9.99. The van der Waals surface area contributed by atoms with Crippen LogP contribution in [-0.2, 0) is 11.2 Å². The maximum atomic E-state index is 11.3. The lowest BCUT2D eigenvalue weighted by Gasteiger charge is -2.05. The average Bonchev–Trinajstić information content (AvgIpc) is 2.84. The lowest BCUT2D eigenvalue weighted by molar-refractivity contribution is -0.136.